The first-order chi connectivity index (χ1) is 14.9. The van der Waals surface area contributed by atoms with E-state index in [1.54, 1.807) is 26.1 Å². The molecule has 9 heteroatoms. The summed E-state index contributed by atoms with van der Waals surface area (Å²) in [6.07, 6.45) is 1.57. The molecule has 0 unspecified atom stereocenters. The maximum atomic E-state index is 13.7. The van der Waals surface area contributed by atoms with Gasteiger partial charge in [0.2, 0.25) is 0 Å². The molecule has 0 fully saturated rings. The molecule has 32 heavy (non-hydrogen) atoms. The fraction of sp³-hybridized carbons (Fsp3) is 0.565. The van der Waals surface area contributed by atoms with E-state index in [1.807, 2.05) is 0 Å². The Morgan fingerprint density at radius 1 is 1.12 bits per heavy atom. The third-order valence-corrected chi connectivity index (χ3v) is 14.3. The average Bonchev–Trinajstić information content (AvgIpc) is 3.04. The highest BCUT2D eigenvalue weighted by molar-refractivity contribution is 7.92. The number of nitrogens with zero attached hydrogens (tertiary/aromatic N) is 3. The molecule has 0 atom stereocenters. The molecular weight excluding hydrogens is 442 g/mol. The molecule has 2 aromatic rings. The highest BCUT2D eigenvalue weighted by Crippen LogP contribution is 2.41. The zero-order valence-electron chi connectivity index (χ0n) is 20.6. The molecule has 0 radical (unpaired) electrons. The van der Waals surface area contributed by atoms with Crippen LogP contribution >= 0.6 is 0 Å². The Morgan fingerprint density at radius 3 is 2.19 bits per heavy atom. The summed E-state index contributed by atoms with van der Waals surface area (Å²) in [5.74, 6) is 3.92. The first-order valence-corrected chi connectivity index (χ1v) is 14.5. The van der Waals surface area contributed by atoms with Gasteiger partial charge in [0.25, 0.3) is 10.0 Å². The molecule has 0 aromatic carbocycles. The lowest BCUT2D eigenvalue weighted by Crippen LogP contribution is -2.43. The van der Waals surface area contributed by atoms with Crippen molar-refractivity contribution in [3.63, 3.8) is 0 Å². The predicted molar refractivity (Wildman–Crippen MR) is 130 cm³/mol. The van der Waals surface area contributed by atoms with Crippen LogP contribution in [-0.4, -0.2) is 40.5 Å². The SMILES string of the molecule is COCN(c1noc(C)c1C)S(=O)(=O)c1cccnc1C#C[Si](C(C)C)(C(C)C)C(C)C. The van der Waals surface area contributed by atoms with Crippen molar-refractivity contribution in [1.82, 2.24) is 10.1 Å². The number of anilines is 1. The summed E-state index contributed by atoms with van der Waals surface area (Å²) in [4.78, 5) is 4.38. The Kier molecular flexibility index (Phi) is 8.31. The third-order valence-electron chi connectivity index (χ3n) is 6.22. The molecule has 0 saturated carbocycles. The van der Waals surface area contributed by atoms with Gasteiger partial charge >= 0.3 is 0 Å². The predicted octanol–water partition coefficient (Wildman–Crippen LogP) is 5.06. The Morgan fingerprint density at radius 2 is 1.72 bits per heavy atom. The third kappa shape index (κ3) is 4.77. The van der Waals surface area contributed by atoms with Gasteiger partial charge in [0.05, 0.1) is 0 Å². The molecule has 2 heterocycles. The second kappa shape index (κ2) is 10.2. The van der Waals surface area contributed by atoms with Crippen molar-refractivity contribution in [2.45, 2.75) is 76.9 Å². The average molecular weight is 478 g/mol. The summed E-state index contributed by atoms with van der Waals surface area (Å²) in [6, 6.07) is 3.13. The van der Waals surface area contributed by atoms with Crippen molar-refractivity contribution in [2.24, 2.45) is 0 Å². The molecule has 0 saturated heterocycles. The van der Waals surface area contributed by atoms with E-state index in [1.165, 1.54) is 13.2 Å². The quantitative estimate of drug-likeness (QED) is 0.300. The van der Waals surface area contributed by atoms with Crippen molar-refractivity contribution in [1.29, 1.82) is 0 Å². The molecule has 0 bridgehead atoms. The number of aryl methyl sites for hydroxylation is 1. The summed E-state index contributed by atoms with van der Waals surface area (Å²) < 4.78 is 38.9. The van der Waals surface area contributed by atoms with Crippen molar-refractivity contribution >= 4 is 23.9 Å². The lowest BCUT2D eigenvalue weighted by molar-refractivity contribution is 0.208. The number of hydrogen-bond donors (Lipinski definition) is 0. The summed E-state index contributed by atoms with van der Waals surface area (Å²) in [7, 11) is -4.68. The van der Waals surface area contributed by atoms with Gasteiger partial charge in [0.15, 0.2) is 5.82 Å². The minimum atomic E-state index is -4.05. The van der Waals surface area contributed by atoms with Gasteiger partial charge in [-0.05, 0) is 42.6 Å². The van der Waals surface area contributed by atoms with E-state index in [0.29, 0.717) is 27.9 Å². The van der Waals surface area contributed by atoms with Gasteiger partial charge in [-0.15, -0.1) is 5.54 Å². The minimum absolute atomic E-state index is 0.0313. The van der Waals surface area contributed by atoms with E-state index in [9.17, 15) is 8.42 Å². The molecule has 0 aliphatic heterocycles. The highest BCUT2D eigenvalue weighted by atomic mass is 32.2. The van der Waals surface area contributed by atoms with E-state index < -0.39 is 18.1 Å². The van der Waals surface area contributed by atoms with Crippen LogP contribution < -0.4 is 4.31 Å². The summed E-state index contributed by atoms with van der Waals surface area (Å²) >= 11 is 0. The minimum Gasteiger partial charge on any atom is -0.363 e. The van der Waals surface area contributed by atoms with Gasteiger partial charge in [-0.3, -0.25) is 0 Å². The Labute approximate surface area is 193 Å². The van der Waals surface area contributed by atoms with Crippen LogP contribution in [0, 0.1) is 25.3 Å². The number of sulfonamides is 1. The van der Waals surface area contributed by atoms with Gasteiger partial charge in [-0.25, -0.2) is 17.7 Å². The van der Waals surface area contributed by atoms with E-state index in [2.05, 4.69) is 63.1 Å². The smallest absolute Gasteiger partial charge is 0.270 e. The molecule has 0 spiro atoms. The van der Waals surface area contributed by atoms with Crippen LogP contribution in [0.15, 0.2) is 27.7 Å². The summed E-state index contributed by atoms with van der Waals surface area (Å²) in [6.45, 7) is 16.6. The lowest BCUT2D eigenvalue weighted by Gasteiger charge is -2.38. The Hall–Kier alpha value is -2.15. The molecule has 0 aliphatic carbocycles. The monoisotopic (exact) mass is 477 g/mol. The van der Waals surface area contributed by atoms with E-state index in [0.717, 1.165) is 4.31 Å². The van der Waals surface area contributed by atoms with Gasteiger partial charge in [-0.2, -0.15) is 0 Å². The fourth-order valence-corrected chi connectivity index (χ4v) is 11.1. The molecule has 2 rings (SSSR count). The Bertz CT molecular complexity index is 1080. The maximum absolute atomic E-state index is 13.7. The molecular formula is C23H35N3O4SSi. The van der Waals surface area contributed by atoms with E-state index in [-0.39, 0.29) is 23.1 Å². The van der Waals surface area contributed by atoms with Crippen LogP contribution in [0.5, 0.6) is 0 Å². The summed E-state index contributed by atoms with van der Waals surface area (Å²) in [5, 5.41) is 3.95. The fourth-order valence-electron chi connectivity index (χ4n) is 4.41. The number of pyridine rings is 1. The van der Waals surface area contributed by atoms with Crippen molar-refractivity contribution in [2.75, 3.05) is 18.1 Å². The second-order valence-corrected chi connectivity index (χ2v) is 16.4. The highest BCUT2D eigenvalue weighted by Gasteiger charge is 2.42. The zero-order chi connectivity index (χ0) is 24.3. The molecule has 0 amide bonds. The number of methoxy groups -OCH3 is 1. The molecule has 176 valence electrons. The lowest BCUT2D eigenvalue weighted by atomic mass is 10.3. The molecule has 7 nitrogen and oxygen atoms in total. The topological polar surface area (TPSA) is 85.5 Å². The van der Waals surface area contributed by atoms with Crippen molar-refractivity contribution in [3.05, 3.63) is 35.3 Å². The standard InChI is InChI=1S/C23H35N3O4SSi/c1-16(2)32(17(3)4,18(5)6)14-12-21-22(11-10-13-24-21)31(27,28)26(15-29-9)23-19(7)20(8)30-25-23/h10-11,13,16-18H,15H2,1-9H3. The molecule has 0 aliphatic rings. The molecule has 0 N–H and O–H groups in total. The maximum Gasteiger partial charge on any atom is 0.270 e. The van der Waals surface area contributed by atoms with Crippen LogP contribution in [0.3, 0.4) is 0 Å². The van der Waals surface area contributed by atoms with Crippen LogP contribution in [0.1, 0.15) is 58.6 Å². The number of rotatable bonds is 8. The summed E-state index contributed by atoms with van der Waals surface area (Å²) in [5.41, 5.74) is 5.70. The van der Waals surface area contributed by atoms with Crippen LogP contribution in [-0.2, 0) is 14.8 Å². The number of ether oxygens (including phenoxy) is 1. The van der Waals surface area contributed by atoms with Gasteiger partial charge < -0.3 is 9.26 Å². The normalized spacial score (nSPS) is 12.4. The van der Waals surface area contributed by atoms with E-state index in [4.69, 9.17) is 9.26 Å². The molecule has 2 aromatic heterocycles. The first-order valence-electron chi connectivity index (χ1n) is 10.8. The Balaban J connectivity index is 2.68. The van der Waals surface area contributed by atoms with Crippen molar-refractivity contribution in [3.8, 4) is 11.5 Å². The number of hydrogen-bond acceptors (Lipinski definition) is 6. The largest absolute Gasteiger partial charge is 0.363 e. The second-order valence-electron chi connectivity index (χ2n) is 8.96. The van der Waals surface area contributed by atoms with Crippen LogP contribution in [0.25, 0.3) is 0 Å². The van der Waals surface area contributed by atoms with Crippen LogP contribution in [0.4, 0.5) is 5.82 Å². The van der Waals surface area contributed by atoms with E-state index >= 15 is 0 Å². The number of aromatic nitrogens is 2. The van der Waals surface area contributed by atoms with Crippen molar-refractivity contribution < 1.29 is 17.7 Å². The van der Waals surface area contributed by atoms with Gasteiger partial charge in [-0.1, -0.05) is 52.6 Å². The van der Waals surface area contributed by atoms with Gasteiger partial charge in [0, 0.05) is 18.9 Å². The van der Waals surface area contributed by atoms with Gasteiger partial charge in [0.1, 0.15) is 31.2 Å². The van der Waals surface area contributed by atoms with Crippen LogP contribution in [0.2, 0.25) is 16.6 Å². The zero-order valence-corrected chi connectivity index (χ0v) is 22.4. The first kappa shape index (κ1) is 26.1.